The van der Waals surface area contributed by atoms with Crippen LogP contribution in [-0.4, -0.2) is 36.5 Å². The quantitative estimate of drug-likeness (QED) is 0.436. The Kier molecular flexibility index (Phi) is 5.74. The van der Waals surface area contributed by atoms with Gasteiger partial charge in [0.25, 0.3) is 5.69 Å². The first-order valence-corrected chi connectivity index (χ1v) is 8.05. The Bertz CT molecular complexity index is 762. The predicted octanol–water partition coefficient (Wildman–Crippen LogP) is 2.27. The van der Waals surface area contributed by atoms with Crippen LogP contribution in [0, 0.1) is 17.0 Å². The number of nitro groups is 1. The third-order valence-electron chi connectivity index (χ3n) is 3.17. The molecule has 24 heavy (non-hydrogen) atoms. The zero-order valence-corrected chi connectivity index (χ0v) is 13.9. The fraction of sp³-hybridized carbons (Fsp3) is 0.357. The van der Waals surface area contributed by atoms with Gasteiger partial charge in [0.2, 0.25) is 0 Å². The first kappa shape index (κ1) is 17.7. The smallest absolute Gasteiger partial charge is 0.313 e. The molecule has 0 bridgehead atoms. The van der Waals surface area contributed by atoms with Crippen LogP contribution in [0.5, 0.6) is 5.75 Å². The van der Waals surface area contributed by atoms with Gasteiger partial charge in [-0.05, 0) is 26.0 Å². The Morgan fingerprint density at radius 1 is 1.46 bits per heavy atom. The first-order valence-electron chi connectivity index (χ1n) is 7.06. The molecule has 0 saturated carbocycles. The summed E-state index contributed by atoms with van der Waals surface area (Å²) in [7, 11) is 0. The minimum Gasteiger partial charge on any atom is -0.486 e. The lowest BCUT2D eigenvalue weighted by Crippen LogP contribution is -2.08. The summed E-state index contributed by atoms with van der Waals surface area (Å²) in [5.74, 6) is 0.0234. The molecule has 9 nitrogen and oxygen atoms in total. The largest absolute Gasteiger partial charge is 0.486 e. The molecule has 0 aliphatic rings. The van der Waals surface area contributed by atoms with Gasteiger partial charge in [-0.2, -0.15) is 0 Å². The lowest BCUT2D eigenvalue weighted by Gasteiger charge is -2.09. The van der Waals surface area contributed by atoms with Crippen molar-refractivity contribution in [3.8, 4) is 5.75 Å². The number of ether oxygens (including phenoxy) is 1. The number of aromatic nitrogens is 3. The number of rotatable bonds is 8. The fourth-order valence-corrected chi connectivity index (χ4v) is 2.79. The van der Waals surface area contributed by atoms with E-state index < -0.39 is 10.9 Å². The standard InChI is InChI=1S/C14H16N4O5S/c1-3-17-12(15-16-14(17)24-8-13(19)20)7-23-10-4-5-11(18(21)22)9(2)6-10/h4-6H,3,7-8H2,1-2H3,(H,19,20). The van der Waals surface area contributed by atoms with Gasteiger partial charge in [-0.25, -0.2) is 0 Å². The number of benzene rings is 1. The molecule has 128 valence electrons. The Labute approximate surface area is 141 Å². The van der Waals surface area contributed by atoms with Crippen LogP contribution in [0.2, 0.25) is 0 Å². The molecule has 1 aromatic heterocycles. The highest BCUT2D eigenvalue weighted by molar-refractivity contribution is 7.99. The summed E-state index contributed by atoms with van der Waals surface area (Å²) in [6.07, 6.45) is 0. The van der Waals surface area contributed by atoms with E-state index in [1.165, 1.54) is 12.1 Å². The van der Waals surface area contributed by atoms with E-state index in [0.717, 1.165) is 11.8 Å². The molecule has 0 aliphatic heterocycles. The van der Waals surface area contributed by atoms with Crippen molar-refractivity contribution in [1.82, 2.24) is 14.8 Å². The zero-order valence-electron chi connectivity index (χ0n) is 13.1. The molecule has 0 aliphatic carbocycles. The van der Waals surface area contributed by atoms with Gasteiger partial charge in [0.1, 0.15) is 12.4 Å². The van der Waals surface area contributed by atoms with Crippen molar-refractivity contribution >= 4 is 23.4 Å². The summed E-state index contributed by atoms with van der Waals surface area (Å²) in [5.41, 5.74) is 0.540. The average Bonchev–Trinajstić information content (AvgIpc) is 2.92. The van der Waals surface area contributed by atoms with Crippen molar-refractivity contribution in [2.24, 2.45) is 0 Å². The molecule has 0 saturated heterocycles. The summed E-state index contributed by atoms with van der Waals surface area (Å²) < 4.78 is 7.39. The maximum Gasteiger partial charge on any atom is 0.313 e. The van der Waals surface area contributed by atoms with Gasteiger partial charge >= 0.3 is 5.97 Å². The van der Waals surface area contributed by atoms with Crippen molar-refractivity contribution in [3.05, 3.63) is 39.7 Å². The Morgan fingerprint density at radius 3 is 2.79 bits per heavy atom. The zero-order chi connectivity index (χ0) is 17.7. The number of carboxylic acids is 1. The number of hydrogen-bond donors (Lipinski definition) is 1. The lowest BCUT2D eigenvalue weighted by molar-refractivity contribution is -0.385. The molecule has 0 atom stereocenters. The van der Waals surface area contributed by atoms with E-state index in [2.05, 4.69) is 10.2 Å². The summed E-state index contributed by atoms with van der Waals surface area (Å²) in [5, 5.41) is 28.0. The highest BCUT2D eigenvalue weighted by Crippen LogP contribution is 2.24. The molecule has 0 fully saturated rings. The predicted molar refractivity (Wildman–Crippen MR) is 86.2 cm³/mol. The number of hydrogen-bond acceptors (Lipinski definition) is 7. The molecule has 1 N–H and O–H groups in total. The van der Waals surface area contributed by atoms with E-state index in [1.807, 2.05) is 6.92 Å². The minimum atomic E-state index is -0.926. The second-order valence-corrected chi connectivity index (χ2v) is 5.76. The fourth-order valence-electron chi connectivity index (χ4n) is 2.05. The van der Waals surface area contributed by atoms with E-state index in [4.69, 9.17) is 9.84 Å². The van der Waals surface area contributed by atoms with Crippen molar-refractivity contribution in [2.45, 2.75) is 32.2 Å². The molecule has 0 unspecified atom stereocenters. The molecular weight excluding hydrogens is 336 g/mol. The van der Waals surface area contributed by atoms with Gasteiger partial charge in [0.05, 0.1) is 10.7 Å². The first-order chi connectivity index (χ1) is 11.4. The van der Waals surface area contributed by atoms with Gasteiger partial charge in [-0.15, -0.1) is 10.2 Å². The van der Waals surface area contributed by atoms with E-state index in [9.17, 15) is 14.9 Å². The number of nitro benzene ring substituents is 1. The number of nitrogens with zero attached hydrogens (tertiary/aromatic N) is 4. The van der Waals surface area contributed by atoms with E-state index >= 15 is 0 Å². The molecule has 0 amide bonds. The molecule has 0 radical (unpaired) electrons. The van der Waals surface area contributed by atoms with E-state index in [-0.39, 0.29) is 18.0 Å². The van der Waals surface area contributed by atoms with Crippen LogP contribution in [-0.2, 0) is 17.9 Å². The van der Waals surface area contributed by atoms with Gasteiger partial charge in [0.15, 0.2) is 11.0 Å². The SMILES string of the molecule is CCn1c(COc2ccc([N+](=O)[O-])c(C)c2)nnc1SCC(=O)O. The highest BCUT2D eigenvalue weighted by Gasteiger charge is 2.14. The summed E-state index contributed by atoms with van der Waals surface area (Å²) >= 11 is 1.09. The van der Waals surface area contributed by atoms with Crippen molar-refractivity contribution < 1.29 is 19.6 Å². The van der Waals surface area contributed by atoms with Crippen LogP contribution in [0.1, 0.15) is 18.3 Å². The molecule has 1 aromatic carbocycles. The Hall–Kier alpha value is -2.62. The highest BCUT2D eigenvalue weighted by atomic mass is 32.2. The van der Waals surface area contributed by atoms with Crippen LogP contribution < -0.4 is 4.74 Å². The molecule has 10 heteroatoms. The Balaban J connectivity index is 2.08. The average molecular weight is 352 g/mol. The van der Waals surface area contributed by atoms with Gasteiger partial charge in [-0.1, -0.05) is 11.8 Å². The summed E-state index contributed by atoms with van der Waals surface area (Å²) in [6.45, 7) is 4.24. The second-order valence-electron chi connectivity index (χ2n) is 4.82. The molecule has 2 rings (SSSR count). The number of carbonyl (C=O) groups is 1. The number of thioether (sulfide) groups is 1. The number of aryl methyl sites for hydroxylation is 1. The van der Waals surface area contributed by atoms with Crippen molar-refractivity contribution in [3.63, 3.8) is 0 Å². The summed E-state index contributed by atoms with van der Waals surface area (Å²) in [4.78, 5) is 21.0. The topological polar surface area (TPSA) is 120 Å². The van der Waals surface area contributed by atoms with Crippen molar-refractivity contribution in [1.29, 1.82) is 0 Å². The van der Waals surface area contributed by atoms with Crippen LogP contribution >= 0.6 is 11.8 Å². The third kappa shape index (κ3) is 4.22. The molecule has 0 spiro atoms. The number of carboxylic acid groups (broad SMARTS) is 1. The van der Waals surface area contributed by atoms with Crippen LogP contribution in [0.15, 0.2) is 23.4 Å². The normalized spacial score (nSPS) is 10.6. The number of aliphatic carboxylic acids is 1. The molecule has 1 heterocycles. The van der Waals surface area contributed by atoms with Crippen LogP contribution in [0.4, 0.5) is 5.69 Å². The van der Waals surface area contributed by atoms with Gasteiger partial charge < -0.3 is 14.4 Å². The van der Waals surface area contributed by atoms with Crippen molar-refractivity contribution in [2.75, 3.05) is 5.75 Å². The Morgan fingerprint density at radius 2 is 2.21 bits per heavy atom. The maximum atomic E-state index is 10.8. The minimum absolute atomic E-state index is 0.0337. The van der Waals surface area contributed by atoms with Crippen LogP contribution in [0.25, 0.3) is 0 Å². The van der Waals surface area contributed by atoms with E-state index in [0.29, 0.717) is 28.8 Å². The lowest BCUT2D eigenvalue weighted by atomic mass is 10.2. The molecular formula is C14H16N4O5S. The molecule has 2 aromatic rings. The van der Waals surface area contributed by atoms with Crippen LogP contribution in [0.3, 0.4) is 0 Å². The maximum absolute atomic E-state index is 10.8. The second kappa shape index (κ2) is 7.77. The van der Waals surface area contributed by atoms with Gasteiger partial charge in [0, 0.05) is 18.2 Å². The summed E-state index contributed by atoms with van der Waals surface area (Å²) in [6, 6.07) is 4.51. The van der Waals surface area contributed by atoms with E-state index in [1.54, 1.807) is 17.6 Å². The third-order valence-corrected chi connectivity index (χ3v) is 4.12. The monoisotopic (exact) mass is 352 g/mol. The van der Waals surface area contributed by atoms with Gasteiger partial charge in [-0.3, -0.25) is 14.9 Å².